The van der Waals surface area contributed by atoms with E-state index in [1.54, 1.807) is 18.5 Å². The van der Waals surface area contributed by atoms with E-state index in [9.17, 15) is 8.78 Å². The number of nitrogens with one attached hydrogen (secondary N) is 2. The molecule has 0 bridgehead atoms. The lowest BCUT2D eigenvalue weighted by Crippen LogP contribution is -2.30. The van der Waals surface area contributed by atoms with E-state index in [4.69, 9.17) is 0 Å². The molecule has 218 valence electrons. The van der Waals surface area contributed by atoms with Gasteiger partial charge in [-0.2, -0.15) is 0 Å². The van der Waals surface area contributed by atoms with Crippen molar-refractivity contribution in [2.24, 2.45) is 10.9 Å². The van der Waals surface area contributed by atoms with Crippen LogP contribution in [0, 0.1) is 18.7 Å². The summed E-state index contributed by atoms with van der Waals surface area (Å²) in [6.45, 7) is 17.3. The van der Waals surface area contributed by atoms with Crippen LogP contribution in [0.4, 0.5) is 14.5 Å². The van der Waals surface area contributed by atoms with Crippen LogP contribution in [-0.4, -0.2) is 48.5 Å². The van der Waals surface area contributed by atoms with E-state index < -0.39 is 12.0 Å². The van der Waals surface area contributed by atoms with Crippen LogP contribution in [0.3, 0.4) is 0 Å². The number of hydrogen-bond donors (Lipinski definition) is 2. The summed E-state index contributed by atoms with van der Waals surface area (Å²) in [5.41, 5.74) is 6.59. The van der Waals surface area contributed by atoms with Crippen molar-refractivity contribution in [1.82, 2.24) is 15.1 Å². The summed E-state index contributed by atoms with van der Waals surface area (Å²) in [4.78, 5) is 8.67. The van der Waals surface area contributed by atoms with Crippen molar-refractivity contribution in [2.45, 2.75) is 52.6 Å². The van der Waals surface area contributed by atoms with Crippen LogP contribution in [-0.2, 0) is 6.42 Å². The van der Waals surface area contributed by atoms with Crippen LogP contribution >= 0.6 is 0 Å². The van der Waals surface area contributed by atoms with Crippen LogP contribution < -0.4 is 10.6 Å². The SMILES string of the molecule is C=C(c1ccc(NC2=NC=CN(/C(=C\C)c3ccc(CC(C)F)c(F)c3)C2=C)cc1C)N(C)CCC1CCNCC1. The summed E-state index contributed by atoms with van der Waals surface area (Å²) < 4.78 is 28.2. The monoisotopic (exact) mass is 559 g/mol. The fraction of sp³-hybridized carbons (Fsp3) is 0.382. The van der Waals surface area contributed by atoms with E-state index in [1.165, 1.54) is 32.3 Å². The molecule has 5 nitrogen and oxygen atoms in total. The molecule has 2 aliphatic rings. The third kappa shape index (κ3) is 7.53. The number of halogens is 2. The number of anilines is 1. The van der Waals surface area contributed by atoms with Crippen LogP contribution in [0.1, 0.15) is 55.4 Å². The van der Waals surface area contributed by atoms with E-state index in [0.717, 1.165) is 53.8 Å². The highest BCUT2D eigenvalue weighted by molar-refractivity contribution is 6.09. The first-order valence-corrected chi connectivity index (χ1v) is 14.5. The fourth-order valence-electron chi connectivity index (χ4n) is 5.49. The van der Waals surface area contributed by atoms with Crippen molar-refractivity contribution >= 4 is 22.9 Å². The van der Waals surface area contributed by atoms with Gasteiger partial charge in [0, 0.05) is 60.6 Å². The Morgan fingerprint density at radius 3 is 2.66 bits per heavy atom. The van der Waals surface area contributed by atoms with Crippen LogP contribution in [0.15, 0.2) is 78.7 Å². The molecule has 4 rings (SSSR count). The smallest absolute Gasteiger partial charge is 0.154 e. The predicted octanol–water partition coefficient (Wildman–Crippen LogP) is 7.50. The Morgan fingerprint density at radius 2 is 2.00 bits per heavy atom. The first kappa shape index (κ1) is 30.3. The Morgan fingerprint density at radius 1 is 1.24 bits per heavy atom. The maximum atomic E-state index is 14.7. The molecule has 1 fully saturated rings. The van der Waals surface area contributed by atoms with Gasteiger partial charge in [-0.3, -0.25) is 0 Å². The van der Waals surface area contributed by atoms with Gasteiger partial charge in [-0.15, -0.1) is 0 Å². The molecule has 0 saturated carbocycles. The first-order chi connectivity index (χ1) is 19.7. The number of allylic oxidation sites excluding steroid dienone is 1. The second-order valence-corrected chi connectivity index (χ2v) is 11.1. The van der Waals surface area contributed by atoms with Crippen molar-refractivity contribution in [1.29, 1.82) is 0 Å². The molecule has 0 amide bonds. The van der Waals surface area contributed by atoms with E-state index in [2.05, 4.69) is 59.8 Å². The van der Waals surface area contributed by atoms with Crippen molar-refractivity contribution in [2.75, 3.05) is 32.0 Å². The number of piperidine rings is 1. The fourth-order valence-corrected chi connectivity index (χ4v) is 5.49. The second-order valence-electron chi connectivity index (χ2n) is 11.1. The lowest BCUT2D eigenvalue weighted by Gasteiger charge is -2.29. The zero-order valence-corrected chi connectivity index (χ0v) is 24.8. The molecule has 2 aromatic rings. The van der Waals surface area contributed by atoms with Crippen LogP contribution in [0.25, 0.3) is 11.4 Å². The maximum Gasteiger partial charge on any atom is 0.154 e. The molecule has 1 unspecified atom stereocenters. The Bertz CT molecular complexity index is 1350. The normalized spacial score (nSPS) is 16.9. The summed E-state index contributed by atoms with van der Waals surface area (Å²) in [5.74, 6) is 0.961. The standard InChI is InChI=1S/C34H43F2N5/c1-7-33(29-9-8-28(21-24(3)35)32(36)22-29)41-19-17-38-34(26(41)5)39-30-10-11-31(23(2)20-30)25(4)40(6)18-14-27-12-15-37-16-13-27/h7-11,17,19-20,22,24,27,37H,4-5,12-16,18,21H2,1-3,6H3,(H,38,39)/b33-7-. The minimum atomic E-state index is -1.10. The summed E-state index contributed by atoms with van der Waals surface area (Å²) in [5, 5.41) is 6.84. The third-order valence-electron chi connectivity index (χ3n) is 7.96. The Labute approximate surface area is 244 Å². The average molecular weight is 560 g/mol. The van der Waals surface area contributed by atoms with Gasteiger partial charge in [0.05, 0.1) is 5.70 Å². The van der Waals surface area contributed by atoms with Crippen molar-refractivity contribution in [3.8, 4) is 0 Å². The number of aliphatic imine (C=N–C) groups is 1. The number of rotatable bonds is 10. The van der Waals surface area contributed by atoms with E-state index >= 15 is 0 Å². The van der Waals surface area contributed by atoms with Gasteiger partial charge in [0.2, 0.25) is 0 Å². The minimum absolute atomic E-state index is 0.0502. The van der Waals surface area contributed by atoms with Gasteiger partial charge in [-0.05, 0) is 88.4 Å². The molecule has 2 N–H and O–H groups in total. The van der Waals surface area contributed by atoms with Crippen molar-refractivity contribution in [3.63, 3.8) is 0 Å². The molecule has 2 heterocycles. The number of amidine groups is 1. The molecular weight excluding hydrogens is 516 g/mol. The van der Waals surface area contributed by atoms with Crippen molar-refractivity contribution in [3.05, 3.63) is 102 Å². The van der Waals surface area contributed by atoms with Gasteiger partial charge >= 0.3 is 0 Å². The first-order valence-electron chi connectivity index (χ1n) is 14.5. The topological polar surface area (TPSA) is 42.9 Å². The number of benzene rings is 2. The van der Waals surface area contributed by atoms with Gasteiger partial charge in [-0.25, -0.2) is 13.8 Å². The van der Waals surface area contributed by atoms with Crippen molar-refractivity contribution < 1.29 is 8.78 Å². The van der Waals surface area contributed by atoms with E-state index in [1.807, 2.05) is 30.0 Å². The summed E-state index contributed by atoms with van der Waals surface area (Å²) in [6.07, 6.45) is 8.02. The zero-order valence-electron chi connectivity index (χ0n) is 24.8. The molecule has 0 spiro atoms. The lowest BCUT2D eigenvalue weighted by molar-refractivity contribution is 0.319. The zero-order chi connectivity index (χ0) is 29.5. The number of hydrogen-bond acceptors (Lipinski definition) is 5. The van der Waals surface area contributed by atoms with Gasteiger partial charge in [-0.1, -0.05) is 37.4 Å². The Balaban J connectivity index is 1.42. The Kier molecular flexibility index (Phi) is 10.2. The molecule has 1 saturated heterocycles. The third-order valence-corrected chi connectivity index (χ3v) is 7.96. The molecule has 2 aromatic carbocycles. The maximum absolute atomic E-state index is 14.7. The largest absolute Gasteiger partial charge is 0.375 e. The van der Waals surface area contributed by atoms with Gasteiger partial charge < -0.3 is 20.4 Å². The molecule has 1 atom stereocenters. The highest BCUT2D eigenvalue weighted by Gasteiger charge is 2.21. The van der Waals surface area contributed by atoms with Gasteiger partial charge in [0.15, 0.2) is 5.84 Å². The molecule has 7 heteroatoms. The number of nitrogens with zero attached hydrogens (tertiary/aromatic N) is 3. The minimum Gasteiger partial charge on any atom is -0.375 e. The Hall–Kier alpha value is -3.71. The molecule has 2 aliphatic heterocycles. The quantitative estimate of drug-likeness (QED) is 0.316. The van der Waals surface area contributed by atoms with E-state index in [0.29, 0.717) is 22.7 Å². The van der Waals surface area contributed by atoms with Crippen LogP contribution in [0.2, 0.25) is 0 Å². The predicted molar refractivity (Wildman–Crippen MR) is 169 cm³/mol. The summed E-state index contributed by atoms with van der Waals surface area (Å²) in [7, 11) is 2.12. The lowest BCUT2D eigenvalue weighted by atomic mass is 9.94. The second kappa shape index (κ2) is 13.8. The number of aryl methyl sites for hydroxylation is 1. The molecular formula is C34H43F2N5. The highest BCUT2D eigenvalue weighted by atomic mass is 19.1. The average Bonchev–Trinajstić information content (AvgIpc) is 2.95. The van der Waals surface area contributed by atoms with Gasteiger partial charge in [0.1, 0.15) is 12.0 Å². The molecule has 0 radical (unpaired) electrons. The van der Waals surface area contributed by atoms with Gasteiger partial charge in [0.25, 0.3) is 0 Å². The van der Waals surface area contributed by atoms with E-state index in [-0.39, 0.29) is 6.42 Å². The number of alkyl halides is 1. The summed E-state index contributed by atoms with van der Waals surface area (Å²) >= 11 is 0. The van der Waals surface area contributed by atoms with Crippen LogP contribution in [0.5, 0.6) is 0 Å². The summed E-state index contributed by atoms with van der Waals surface area (Å²) in [6, 6.07) is 11.1. The molecule has 0 aliphatic carbocycles. The molecule has 41 heavy (non-hydrogen) atoms. The molecule has 0 aromatic heterocycles. The highest BCUT2D eigenvalue weighted by Crippen LogP contribution is 2.30.